The second-order valence-corrected chi connectivity index (χ2v) is 6.96. The Labute approximate surface area is 160 Å². The smallest absolute Gasteiger partial charge is 0.337 e. The second-order valence-electron chi connectivity index (χ2n) is 6.96. The van der Waals surface area contributed by atoms with Crippen LogP contribution in [0.5, 0.6) is 0 Å². The average Bonchev–Trinajstić information content (AvgIpc) is 3.06. The fourth-order valence-electron chi connectivity index (χ4n) is 3.71. The zero-order valence-corrected chi connectivity index (χ0v) is 15.0. The van der Waals surface area contributed by atoms with Crippen LogP contribution in [0, 0.1) is 11.8 Å². The molecule has 11 nitrogen and oxygen atoms in total. The lowest BCUT2D eigenvalue weighted by molar-refractivity contribution is -0.346. The van der Waals surface area contributed by atoms with Gasteiger partial charge in [-0.05, 0) is 0 Å². The Bertz CT molecular complexity index is 647. The largest absolute Gasteiger partial charge is 0.471 e. The van der Waals surface area contributed by atoms with E-state index in [2.05, 4.69) is 0 Å². The molecule has 2 heterocycles. The zero-order chi connectivity index (χ0) is 20.6. The van der Waals surface area contributed by atoms with Crippen LogP contribution in [0.2, 0.25) is 0 Å². The summed E-state index contributed by atoms with van der Waals surface area (Å²) in [5.41, 5.74) is -1.70. The molecule has 0 saturated carbocycles. The van der Waals surface area contributed by atoms with E-state index in [1.165, 1.54) is 19.3 Å². The van der Waals surface area contributed by atoms with Gasteiger partial charge in [-0.2, -0.15) is 0 Å². The number of esters is 1. The lowest BCUT2D eigenvalue weighted by Gasteiger charge is -2.44. The first kappa shape index (κ1) is 21.1. The summed E-state index contributed by atoms with van der Waals surface area (Å²) in [6.07, 6.45) is -4.99. The van der Waals surface area contributed by atoms with Crippen LogP contribution in [-0.4, -0.2) is 99.5 Å². The maximum absolute atomic E-state index is 12.0. The van der Waals surface area contributed by atoms with Crippen LogP contribution in [0.15, 0.2) is 24.0 Å². The molecule has 0 aromatic rings. The van der Waals surface area contributed by atoms with Gasteiger partial charge in [0.1, 0.15) is 30.0 Å². The van der Waals surface area contributed by atoms with Gasteiger partial charge in [-0.1, -0.05) is 12.2 Å². The van der Waals surface area contributed by atoms with E-state index in [9.17, 15) is 35.4 Å². The van der Waals surface area contributed by atoms with Crippen molar-refractivity contribution in [2.75, 3.05) is 20.3 Å². The fraction of sp³-hybridized carbons (Fsp3) is 0.706. The first-order valence-electron chi connectivity index (χ1n) is 8.69. The number of carbonyl (C=O) groups is 1. The highest BCUT2D eigenvalue weighted by Gasteiger charge is 2.55. The normalized spacial score (nSPS) is 45.2. The highest BCUT2D eigenvalue weighted by Crippen LogP contribution is 2.45. The summed E-state index contributed by atoms with van der Waals surface area (Å²) in [4.78, 5) is 12.0. The second kappa shape index (κ2) is 8.05. The van der Waals surface area contributed by atoms with E-state index in [0.29, 0.717) is 0 Å². The Hall–Kier alpha value is -1.57. The SMILES string of the molecule is COC(=O)C1=COC(OC2OC(CO)C(O)C(O)C2O)[C@H]2[C@H]1C=C[C@@]2(O)CO. The molecule has 0 bridgehead atoms. The molecule has 158 valence electrons. The molecule has 0 aromatic heterocycles. The lowest BCUT2D eigenvalue weighted by Crippen LogP contribution is -2.61. The number of aliphatic hydroxyl groups is 6. The van der Waals surface area contributed by atoms with Crippen LogP contribution < -0.4 is 0 Å². The monoisotopic (exact) mass is 404 g/mol. The zero-order valence-electron chi connectivity index (χ0n) is 15.0. The van der Waals surface area contributed by atoms with Crippen LogP contribution in [0.1, 0.15) is 0 Å². The van der Waals surface area contributed by atoms with Crippen LogP contribution in [0.3, 0.4) is 0 Å². The van der Waals surface area contributed by atoms with Crippen molar-refractivity contribution < 1.29 is 54.4 Å². The molecule has 0 aromatic carbocycles. The first-order chi connectivity index (χ1) is 13.3. The minimum Gasteiger partial charge on any atom is -0.471 e. The van der Waals surface area contributed by atoms with Crippen molar-refractivity contribution >= 4 is 5.97 Å². The third-order valence-electron chi connectivity index (χ3n) is 5.33. The quantitative estimate of drug-likeness (QED) is 0.200. The van der Waals surface area contributed by atoms with E-state index in [0.717, 1.165) is 6.26 Å². The van der Waals surface area contributed by atoms with Gasteiger partial charge in [0.05, 0.1) is 38.1 Å². The minimum absolute atomic E-state index is 0.0989. The number of aliphatic hydroxyl groups excluding tert-OH is 5. The van der Waals surface area contributed by atoms with Gasteiger partial charge in [0.25, 0.3) is 0 Å². The third kappa shape index (κ3) is 3.44. The van der Waals surface area contributed by atoms with Crippen LogP contribution >= 0.6 is 0 Å². The molecule has 3 aliphatic rings. The van der Waals surface area contributed by atoms with Gasteiger partial charge >= 0.3 is 5.97 Å². The summed E-state index contributed by atoms with van der Waals surface area (Å²) in [6.45, 7) is -1.34. The molecule has 6 N–H and O–H groups in total. The van der Waals surface area contributed by atoms with Crippen molar-refractivity contribution in [3.63, 3.8) is 0 Å². The van der Waals surface area contributed by atoms with E-state index >= 15 is 0 Å². The van der Waals surface area contributed by atoms with Crippen LogP contribution in [0.25, 0.3) is 0 Å². The molecule has 6 unspecified atom stereocenters. The molecule has 11 heteroatoms. The summed E-state index contributed by atoms with van der Waals surface area (Å²) in [7, 11) is 1.19. The Kier molecular flexibility index (Phi) is 6.08. The third-order valence-corrected chi connectivity index (χ3v) is 5.33. The number of rotatable bonds is 5. The van der Waals surface area contributed by atoms with Gasteiger partial charge in [0.2, 0.25) is 6.29 Å². The highest BCUT2D eigenvalue weighted by molar-refractivity contribution is 5.89. The molecular formula is C17H24O11. The molecule has 2 aliphatic heterocycles. The van der Waals surface area contributed by atoms with Crippen molar-refractivity contribution in [1.29, 1.82) is 0 Å². The van der Waals surface area contributed by atoms with Gasteiger partial charge < -0.3 is 49.6 Å². The number of hydrogen-bond donors (Lipinski definition) is 6. The van der Waals surface area contributed by atoms with Crippen molar-refractivity contribution in [2.24, 2.45) is 11.8 Å². The molecule has 0 amide bonds. The average molecular weight is 404 g/mol. The molecule has 0 radical (unpaired) electrons. The predicted molar refractivity (Wildman–Crippen MR) is 88.0 cm³/mol. The number of methoxy groups -OCH3 is 1. The Balaban J connectivity index is 1.85. The molecule has 28 heavy (non-hydrogen) atoms. The van der Waals surface area contributed by atoms with Gasteiger partial charge in [0, 0.05) is 5.92 Å². The number of fused-ring (bicyclic) bond motifs is 1. The summed E-state index contributed by atoms with van der Waals surface area (Å²) in [5.74, 6) is -2.40. The molecule has 1 saturated heterocycles. The Morgan fingerprint density at radius 3 is 2.50 bits per heavy atom. The Morgan fingerprint density at radius 2 is 1.89 bits per heavy atom. The fourth-order valence-corrected chi connectivity index (χ4v) is 3.71. The number of hydrogen-bond acceptors (Lipinski definition) is 11. The predicted octanol–water partition coefficient (Wildman–Crippen LogP) is -3.26. The first-order valence-corrected chi connectivity index (χ1v) is 8.69. The Morgan fingerprint density at radius 1 is 1.18 bits per heavy atom. The van der Waals surface area contributed by atoms with Gasteiger partial charge in [-0.3, -0.25) is 0 Å². The van der Waals surface area contributed by atoms with E-state index in [1.54, 1.807) is 0 Å². The van der Waals surface area contributed by atoms with Crippen molar-refractivity contribution in [3.05, 3.63) is 24.0 Å². The highest BCUT2D eigenvalue weighted by atomic mass is 16.8. The van der Waals surface area contributed by atoms with E-state index < -0.39 is 73.6 Å². The molecule has 0 spiro atoms. The van der Waals surface area contributed by atoms with Crippen LogP contribution in [0.4, 0.5) is 0 Å². The summed E-state index contributed by atoms with van der Waals surface area (Å²) in [6, 6.07) is 0. The number of ether oxygens (including phenoxy) is 4. The van der Waals surface area contributed by atoms with Crippen molar-refractivity contribution in [1.82, 2.24) is 0 Å². The van der Waals surface area contributed by atoms with E-state index in [1.807, 2.05) is 0 Å². The molecule has 1 fully saturated rings. The molecular weight excluding hydrogens is 380 g/mol. The summed E-state index contributed by atoms with van der Waals surface area (Å²) < 4.78 is 21.0. The maximum Gasteiger partial charge on any atom is 0.337 e. The molecule has 9 atom stereocenters. The van der Waals surface area contributed by atoms with Gasteiger partial charge in [0.15, 0.2) is 6.29 Å². The van der Waals surface area contributed by atoms with E-state index in [-0.39, 0.29) is 5.57 Å². The standard InChI is InChI=1S/C17H24O11/c1-25-14(23)8-5-26-15(10-7(8)2-3-17(10,24)6-19)28-16-13(22)12(21)11(20)9(4-18)27-16/h2-3,5,7,9-13,15-16,18-22,24H,4,6H2,1H3/t7-,9?,10+,11?,12?,13?,15?,16?,17+/m0/s1. The van der Waals surface area contributed by atoms with E-state index in [4.69, 9.17) is 18.9 Å². The number of carbonyl (C=O) groups excluding carboxylic acids is 1. The summed E-state index contributed by atoms with van der Waals surface area (Å²) >= 11 is 0. The van der Waals surface area contributed by atoms with Crippen LogP contribution in [-0.2, 0) is 23.7 Å². The topological polar surface area (TPSA) is 175 Å². The molecule has 1 aliphatic carbocycles. The molecule has 3 rings (SSSR count). The number of allylic oxidation sites excluding steroid dienone is 1. The van der Waals surface area contributed by atoms with Crippen molar-refractivity contribution in [3.8, 4) is 0 Å². The van der Waals surface area contributed by atoms with Crippen molar-refractivity contribution in [2.45, 2.75) is 42.6 Å². The summed E-state index contributed by atoms with van der Waals surface area (Å²) in [5, 5.41) is 59.5. The van der Waals surface area contributed by atoms with Gasteiger partial charge in [-0.25, -0.2) is 4.79 Å². The minimum atomic E-state index is -1.79. The maximum atomic E-state index is 12.0. The van der Waals surface area contributed by atoms with Gasteiger partial charge in [-0.15, -0.1) is 0 Å². The lowest BCUT2D eigenvalue weighted by atomic mass is 9.79.